The Balaban J connectivity index is 1.39. The molecule has 1 unspecified atom stereocenters. The van der Waals surface area contributed by atoms with E-state index in [1.165, 1.54) is 19.1 Å². The Kier molecular flexibility index (Phi) is 5.55. The molecule has 2 atom stereocenters. The molecule has 0 bridgehead atoms. The first-order chi connectivity index (χ1) is 17.3. The zero-order chi connectivity index (χ0) is 25.0. The second kappa shape index (κ2) is 8.65. The lowest BCUT2D eigenvalue weighted by Crippen LogP contribution is -2.58. The average molecular weight is 496 g/mol. The number of nitrogens with zero attached hydrogens (tertiary/aromatic N) is 4. The second-order valence-electron chi connectivity index (χ2n) is 10.1. The molecular weight excluding hydrogens is 467 g/mol. The molecular formula is C27H28F3N5O. The number of alkyl halides is 1. The highest BCUT2D eigenvalue weighted by Gasteiger charge is 2.44. The number of ether oxygens (including phenoxy) is 1. The summed E-state index contributed by atoms with van der Waals surface area (Å²) in [6.07, 6.45) is 3.91. The predicted octanol–water partition coefficient (Wildman–Crippen LogP) is 5.98. The number of benzene rings is 2. The molecule has 1 N–H and O–H groups in total. The van der Waals surface area contributed by atoms with E-state index >= 15 is 8.78 Å². The summed E-state index contributed by atoms with van der Waals surface area (Å²) in [6, 6.07) is 7.54. The summed E-state index contributed by atoms with van der Waals surface area (Å²) in [5.41, 5.74) is 1.68. The van der Waals surface area contributed by atoms with Crippen LogP contribution in [0.2, 0.25) is 0 Å². The SMILES string of the molecule is CC(F)c1cccc([C@@H](C)Nc2nc3nccn3c3cc(F)c(N4CC5(CCOCC5)C4)cc23)c1F. The molecule has 0 saturated carbocycles. The van der Waals surface area contributed by atoms with Crippen molar-refractivity contribution in [2.24, 2.45) is 5.41 Å². The van der Waals surface area contributed by atoms with Crippen molar-refractivity contribution in [1.29, 1.82) is 0 Å². The fourth-order valence-corrected chi connectivity index (χ4v) is 5.57. The first-order valence-corrected chi connectivity index (χ1v) is 12.3. The third-order valence-electron chi connectivity index (χ3n) is 7.67. The Hall–Kier alpha value is -3.33. The van der Waals surface area contributed by atoms with E-state index in [4.69, 9.17) is 4.74 Å². The van der Waals surface area contributed by atoms with Crippen molar-refractivity contribution < 1.29 is 17.9 Å². The number of halogens is 3. The molecule has 188 valence electrons. The van der Waals surface area contributed by atoms with Gasteiger partial charge in [0, 0.05) is 66.7 Å². The number of fused-ring (bicyclic) bond motifs is 3. The minimum atomic E-state index is -1.42. The number of hydrogen-bond acceptors (Lipinski definition) is 5. The predicted molar refractivity (Wildman–Crippen MR) is 133 cm³/mol. The quantitative estimate of drug-likeness (QED) is 0.369. The van der Waals surface area contributed by atoms with Crippen molar-refractivity contribution in [1.82, 2.24) is 14.4 Å². The lowest BCUT2D eigenvalue weighted by atomic mass is 9.73. The van der Waals surface area contributed by atoms with Gasteiger partial charge in [-0.1, -0.05) is 18.2 Å². The lowest BCUT2D eigenvalue weighted by molar-refractivity contribution is -0.000378. The molecule has 0 radical (unpaired) electrons. The van der Waals surface area contributed by atoms with Gasteiger partial charge in [0.15, 0.2) is 0 Å². The van der Waals surface area contributed by atoms with Gasteiger partial charge >= 0.3 is 0 Å². The van der Waals surface area contributed by atoms with Crippen LogP contribution in [-0.2, 0) is 4.74 Å². The van der Waals surface area contributed by atoms with E-state index in [1.54, 1.807) is 35.9 Å². The third kappa shape index (κ3) is 3.77. The Labute approximate surface area is 207 Å². The highest BCUT2D eigenvalue weighted by Crippen LogP contribution is 2.44. The second-order valence-corrected chi connectivity index (χ2v) is 10.1. The van der Waals surface area contributed by atoms with Crippen LogP contribution in [0.1, 0.15) is 50.0 Å². The maximum Gasteiger partial charge on any atom is 0.236 e. The summed E-state index contributed by atoms with van der Waals surface area (Å²) in [4.78, 5) is 11.0. The minimum Gasteiger partial charge on any atom is -0.381 e. The van der Waals surface area contributed by atoms with E-state index in [0.29, 0.717) is 33.7 Å². The van der Waals surface area contributed by atoms with Gasteiger partial charge in [0.1, 0.15) is 23.6 Å². The van der Waals surface area contributed by atoms with Gasteiger partial charge < -0.3 is 15.0 Å². The van der Waals surface area contributed by atoms with E-state index in [0.717, 1.165) is 39.1 Å². The number of anilines is 2. The van der Waals surface area contributed by atoms with E-state index in [9.17, 15) is 4.39 Å². The summed E-state index contributed by atoms with van der Waals surface area (Å²) in [5, 5.41) is 3.99. The first kappa shape index (κ1) is 23.1. The summed E-state index contributed by atoms with van der Waals surface area (Å²) in [6.45, 7) is 6.19. The van der Waals surface area contributed by atoms with Gasteiger partial charge in [-0.3, -0.25) is 4.40 Å². The largest absolute Gasteiger partial charge is 0.381 e. The van der Waals surface area contributed by atoms with E-state index in [-0.39, 0.29) is 16.8 Å². The maximum atomic E-state index is 15.4. The highest BCUT2D eigenvalue weighted by molar-refractivity contribution is 5.94. The topological polar surface area (TPSA) is 54.7 Å². The maximum absolute atomic E-state index is 15.4. The van der Waals surface area contributed by atoms with Crippen molar-refractivity contribution in [3.63, 3.8) is 0 Å². The van der Waals surface area contributed by atoms with E-state index in [1.807, 2.05) is 6.07 Å². The molecule has 1 spiro atoms. The van der Waals surface area contributed by atoms with Crippen LogP contribution in [0.25, 0.3) is 16.7 Å². The molecule has 2 aromatic heterocycles. The molecule has 2 aromatic carbocycles. The summed E-state index contributed by atoms with van der Waals surface area (Å²) in [5.74, 6) is -0.00836. The van der Waals surface area contributed by atoms with Crippen molar-refractivity contribution in [3.8, 4) is 0 Å². The van der Waals surface area contributed by atoms with Gasteiger partial charge in [-0.15, -0.1) is 0 Å². The van der Waals surface area contributed by atoms with Crippen molar-refractivity contribution in [3.05, 3.63) is 65.5 Å². The van der Waals surface area contributed by atoms with Crippen LogP contribution < -0.4 is 10.2 Å². The summed E-state index contributed by atoms with van der Waals surface area (Å²) >= 11 is 0. The fraction of sp³-hybridized carbons (Fsp3) is 0.407. The smallest absolute Gasteiger partial charge is 0.236 e. The molecule has 6 nitrogen and oxygen atoms in total. The number of aromatic nitrogens is 3. The van der Waals surface area contributed by atoms with Crippen LogP contribution in [0.5, 0.6) is 0 Å². The molecule has 0 amide bonds. The first-order valence-electron chi connectivity index (χ1n) is 12.3. The molecule has 4 aromatic rings. The Morgan fingerprint density at radius 1 is 1.08 bits per heavy atom. The molecule has 36 heavy (non-hydrogen) atoms. The number of nitrogens with one attached hydrogen (secondary N) is 1. The van der Waals surface area contributed by atoms with Crippen LogP contribution in [-0.4, -0.2) is 40.7 Å². The number of imidazole rings is 1. The molecule has 2 aliphatic rings. The van der Waals surface area contributed by atoms with Gasteiger partial charge in [0.25, 0.3) is 0 Å². The lowest BCUT2D eigenvalue weighted by Gasteiger charge is -2.53. The Morgan fingerprint density at radius 3 is 2.58 bits per heavy atom. The van der Waals surface area contributed by atoms with Crippen LogP contribution in [0.3, 0.4) is 0 Å². The number of rotatable bonds is 5. The normalized spacial score (nSPS) is 19.0. The average Bonchev–Trinajstić information content (AvgIpc) is 3.31. The number of hydrogen-bond donors (Lipinski definition) is 1. The highest BCUT2D eigenvalue weighted by atomic mass is 19.1. The van der Waals surface area contributed by atoms with Crippen LogP contribution in [0.15, 0.2) is 42.7 Å². The van der Waals surface area contributed by atoms with Gasteiger partial charge in [0.05, 0.1) is 17.2 Å². The Morgan fingerprint density at radius 2 is 1.83 bits per heavy atom. The standard InChI is InChI=1S/C27H28F3N5O/c1-16(28)18-4-3-5-19(24(18)30)17(2)32-25-20-12-23(34-14-27(15-34)6-10-36-11-7-27)21(29)13-22(20)35-9-8-31-26(35)33-25/h3-5,8-9,12-13,16-17H,6-7,10-11,14-15H2,1-2H3,(H,31,32,33)/t16?,17-/m1/s1. The van der Waals surface area contributed by atoms with Gasteiger partial charge in [0.2, 0.25) is 5.78 Å². The van der Waals surface area contributed by atoms with E-state index < -0.39 is 18.0 Å². The summed E-state index contributed by atoms with van der Waals surface area (Å²) in [7, 11) is 0. The fourth-order valence-electron chi connectivity index (χ4n) is 5.57. The van der Waals surface area contributed by atoms with Crippen molar-refractivity contribution in [2.45, 2.75) is 38.9 Å². The minimum absolute atomic E-state index is 0.0202. The molecule has 9 heteroatoms. The van der Waals surface area contributed by atoms with Crippen LogP contribution >= 0.6 is 0 Å². The van der Waals surface area contributed by atoms with Gasteiger partial charge in [-0.2, -0.15) is 4.98 Å². The van der Waals surface area contributed by atoms with Crippen molar-refractivity contribution >= 4 is 28.2 Å². The molecule has 2 saturated heterocycles. The Bertz CT molecular complexity index is 1440. The zero-order valence-corrected chi connectivity index (χ0v) is 20.3. The monoisotopic (exact) mass is 495 g/mol. The van der Waals surface area contributed by atoms with Crippen LogP contribution in [0, 0.1) is 17.0 Å². The third-order valence-corrected chi connectivity index (χ3v) is 7.67. The van der Waals surface area contributed by atoms with Crippen molar-refractivity contribution in [2.75, 3.05) is 36.5 Å². The molecule has 6 rings (SSSR count). The summed E-state index contributed by atoms with van der Waals surface area (Å²) < 4.78 is 51.6. The molecule has 4 heterocycles. The molecule has 2 aliphatic heterocycles. The van der Waals surface area contributed by atoms with Crippen LogP contribution in [0.4, 0.5) is 24.7 Å². The zero-order valence-electron chi connectivity index (χ0n) is 20.3. The van der Waals surface area contributed by atoms with Gasteiger partial charge in [-0.25, -0.2) is 18.2 Å². The molecule has 2 fully saturated rings. The van der Waals surface area contributed by atoms with E-state index in [2.05, 4.69) is 20.2 Å². The molecule has 0 aliphatic carbocycles. The van der Waals surface area contributed by atoms with Gasteiger partial charge in [-0.05, 0) is 32.8 Å².